The van der Waals surface area contributed by atoms with Crippen LogP contribution in [0.2, 0.25) is 0 Å². The fourth-order valence-electron chi connectivity index (χ4n) is 1.47. The smallest absolute Gasteiger partial charge is 0.233 e. The average Bonchev–Trinajstić information content (AvgIpc) is 2.17. The van der Waals surface area contributed by atoms with Crippen molar-refractivity contribution in [1.29, 1.82) is 0 Å². The molecular formula is C11H18N2O2S. The highest BCUT2D eigenvalue weighted by molar-refractivity contribution is 7.92. The Kier molecular flexibility index (Phi) is 4.32. The summed E-state index contributed by atoms with van der Waals surface area (Å²) in [7, 11) is -3.32. The average molecular weight is 242 g/mol. The Labute approximate surface area is 96.9 Å². The molecule has 1 rings (SSSR count). The summed E-state index contributed by atoms with van der Waals surface area (Å²) in [5.41, 5.74) is 6.88. The fraction of sp³-hybridized carbons (Fsp3) is 0.455. The Balaban J connectivity index is 2.97. The van der Waals surface area contributed by atoms with Crippen LogP contribution in [0.1, 0.15) is 25.3 Å². The monoisotopic (exact) mass is 242 g/mol. The number of hydrogen-bond acceptors (Lipinski definition) is 3. The minimum Gasteiger partial charge on any atom is -0.329 e. The van der Waals surface area contributed by atoms with Crippen LogP contribution in [0.5, 0.6) is 0 Å². The van der Waals surface area contributed by atoms with Gasteiger partial charge in [0, 0.05) is 6.54 Å². The summed E-state index contributed by atoms with van der Waals surface area (Å²) in [6.45, 7) is 4.17. The van der Waals surface area contributed by atoms with E-state index in [0.29, 0.717) is 5.69 Å². The number of sulfonamides is 1. The Morgan fingerprint density at radius 3 is 2.50 bits per heavy atom. The summed E-state index contributed by atoms with van der Waals surface area (Å²) >= 11 is 0. The van der Waals surface area contributed by atoms with Crippen LogP contribution >= 0.6 is 0 Å². The van der Waals surface area contributed by atoms with Crippen molar-refractivity contribution in [3.8, 4) is 0 Å². The Hall–Kier alpha value is -1.07. The highest BCUT2D eigenvalue weighted by atomic mass is 32.2. The van der Waals surface area contributed by atoms with E-state index < -0.39 is 10.0 Å². The fourth-order valence-corrected chi connectivity index (χ4v) is 2.40. The summed E-state index contributed by atoms with van der Waals surface area (Å²) in [6, 6.07) is 7.40. The minimum absolute atomic E-state index is 0.0561. The maximum atomic E-state index is 11.6. The van der Waals surface area contributed by atoms with E-state index in [2.05, 4.69) is 4.72 Å². The Morgan fingerprint density at radius 1 is 1.31 bits per heavy atom. The van der Waals surface area contributed by atoms with E-state index in [1.165, 1.54) is 0 Å². The van der Waals surface area contributed by atoms with Crippen molar-refractivity contribution in [2.24, 2.45) is 5.73 Å². The first-order valence-corrected chi connectivity index (χ1v) is 6.91. The number of nitrogens with one attached hydrogen (secondary N) is 1. The third-order valence-corrected chi connectivity index (χ3v) is 3.54. The molecule has 1 aromatic rings. The molecule has 0 fully saturated rings. The van der Waals surface area contributed by atoms with E-state index in [1.54, 1.807) is 6.07 Å². The molecule has 0 aliphatic carbocycles. The number of benzene rings is 1. The Bertz CT molecular complexity index is 441. The van der Waals surface area contributed by atoms with Crippen molar-refractivity contribution in [1.82, 2.24) is 0 Å². The summed E-state index contributed by atoms with van der Waals surface area (Å²) in [6.07, 6.45) is 0. The molecule has 0 saturated carbocycles. The van der Waals surface area contributed by atoms with Crippen LogP contribution in [-0.2, 0) is 10.0 Å². The van der Waals surface area contributed by atoms with Gasteiger partial charge in [0.15, 0.2) is 0 Å². The van der Waals surface area contributed by atoms with Crippen LogP contribution in [0, 0.1) is 0 Å². The van der Waals surface area contributed by atoms with Gasteiger partial charge in [0.25, 0.3) is 0 Å². The first kappa shape index (κ1) is 13.0. The summed E-state index contributed by atoms with van der Waals surface area (Å²) in [5.74, 6) is 0.219. The SMILES string of the molecule is CC(C)c1ccccc1NS(=O)(=O)CCN. The molecule has 0 radical (unpaired) electrons. The van der Waals surface area contributed by atoms with Crippen LogP contribution in [0.4, 0.5) is 5.69 Å². The molecule has 0 amide bonds. The summed E-state index contributed by atoms with van der Waals surface area (Å²) in [5, 5.41) is 0. The van der Waals surface area contributed by atoms with E-state index in [4.69, 9.17) is 5.73 Å². The molecule has 0 heterocycles. The molecule has 0 aliphatic heterocycles. The molecule has 0 aliphatic rings. The third-order valence-electron chi connectivity index (χ3n) is 2.23. The molecule has 5 heteroatoms. The molecule has 1 aromatic carbocycles. The summed E-state index contributed by atoms with van der Waals surface area (Å²) in [4.78, 5) is 0. The van der Waals surface area contributed by atoms with Crippen LogP contribution in [0.3, 0.4) is 0 Å². The van der Waals surface area contributed by atoms with Gasteiger partial charge in [0.2, 0.25) is 10.0 Å². The lowest BCUT2D eigenvalue weighted by Gasteiger charge is -2.14. The van der Waals surface area contributed by atoms with Crippen molar-refractivity contribution < 1.29 is 8.42 Å². The van der Waals surface area contributed by atoms with Crippen molar-refractivity contribution in [2.75, 3.05) is 17.0 Å². The van der Waals surface area contributed by atoms with E-state index in [-0.39, 0.29) is 18.2 Å². The predicted molar refractivity (Wildman–Crippen MR) is 67.0 cm³/mol. The van der Waals surface area contributed by atoms with E-state index >= 15 is 0 Å². The number of nitrogens with two attached hydrogens (primary N) is 1. The number of hydrogen-bond donors (Lipinski definition) is 2. The molecular weight excluding hydrogens is 224 g/mol. The van der Waals surface area contributed by atoms with Crippen LogP contribution in [0.15, 0.2) is 24.3 Å². The first-order valence-electron chi connectivity index (χ1n) is 5.26. The molecule has 3 N–H and O–H groups in total. The zero-order chi connectivity index (χ0) is 12.2. The molecule has 0 bridgehead atoms. The molecule has 0 aromatic heterocycles. The van der Waals surface area contributed by atoms with Crippen LogP contribution in [-0.4, -0.2) is 20.7 Å². The maximum Gasteiger partial charge on any atom is 0.233 e. The quantitative estimate of drug-likeness (QED) is 0.822. The number of anilines is 1. The van der Waals surface area contributed by atoms with Crippen LogP contribution < -0.4 is 10.5 Å². The molecule has 0 unspecified atom stereocenters. The van der Waals surface area contributed by atoms with E-state index in [1.807, 2.05) is 32.0 Å². The molecule has 90 valence electrons. The van der Waals surface area contributed by atoms with Gasteiger partial charge in [-0.05, 0) is 17.5 Å². The van der Waals surface area contributed by atoms with Crippen molar-refractivity contribution in [3.63, 3.8) is 0 Å². The predicted octanol–water partition coefficient (Wildman–Crippen LogP) is 1.51. The second-order valence-electron chi connectivity index (χ2n) is 3.95. The topological polar surface area (TPSA) is 72.2 Å². The minimum atomic E-state index is -3.32. The van der Waals surface area contributed by atoms with Crippen molar-refractivity contribution in [2.45, 2.75) is 19.8 Å². The normalized spacial score (nSPS) is 11.8. The molecule has 16 heavy (non-hydrogen) atoms. The van der Waals surface area contributed by atoms with E-state index in [0.717, 1.165) is 5.56 Å². The Morgan fingerprint density at radius 2 is 1.94 bits per heavy atom. The molecule has 0 spiro atoms. The van der Waals surface area contributed by atoms with Gasteiger partial charge in [-0.25, -0.2) is 8.42 Å². The zero-order valence-electron chi connectivity index (χ0n) is 9.60. The lowest BCUT2D eigenvalue weighted by Crippen LogP contribution is -2.23. The van der Waals surface area contributed by atoms with Gasteiger partial charge in [0.1, 0.15) is 0 Å². The van der Waals surface area contributed by atoms with Gasteiger partial charge < -0.3 is 5.73 Å². The van der Waals surface area contributed by atoms with Gasteiger partial charge in [0.05, 0.1) is 11.4 Å². The number of rotatable bonds is 5. The van der Waals surface area contributed by atoms with Gasteiger partial charge in [-0.1, -0.05) is 32.0 Å². The lowest BCUT2D eigenvalue weighted by molar-refractivity contribution is 0.601. The highest BCUT2D eigenvalue weighted by Crippen LogP contribution is 2.24. The second-order valence-corrected chi connectivity index (χ2v) is 5.79. The highest BCUT2D eigenvalue weighted by Gasteiger charge is 2.12. The molecule has 0 saturated heterocycles. The van der Waals surface area contributed by atoms with E-state index in [9.17, 15) is 8.42 Å². The van der Waals surface area contributed by atoms with Crippen molar-refractivity contribution in [3.05, 3.63) is 29.8 Å². The lowest BCUT2D eigenvalue weighted by atomic mass is 10.0. The van der Waals surface area contributed by atoms with Gasteiger partial charge in [-0.15, -0.1) is 0 Å². The molecule has 4 nitrogen and oxygen atoms in total. The zero-order valence-corrected chi connectivity index (χ0v) is 10.4. The van der Waals surface area contributed by atoms with Crippen molar-refractivity contribution >= 4 is 15.7 Å². The standard InChI is InChI=1S/C11H18N2O2S/c1-9(2)10-5-3-4-6-11(10)13-16(14,15)8-7-12/h3-6,9,13H,7-8,12H2,1-2H3. The first-order chi connectivity index (χ1) is 7.46. The molecule has 0 atom stereocenters. The summed E-state index contributed by atoms with van der Waals surface area (Å²) < 4.78 is 25.7. The van der Waals surface area contributed by atoms with Crippen LogP contribution in [0.25, 0.3) is 0 Å². The van der Waals surface area contributed by atoms with Gasteiger partial charge in [-0.2, -0.15) is 0 Å². The maximum absolute atomic E-state index is 11.6. The third kappa shape index (κ3) is 3.50. The van der Waals surface area contributed by atoms with Gasteiger partial charge in [-0.3, -0.25) is 4.72 Å². The largest absolute Gasteiger partial charge is 0.329 e. The second kappa shape index (κ2) is 5.32. The number of para-hydroxylation sites is 1. The van der Waals surface area contributed by atoms with Gasteiger partial charge >= 0.3 is 0 Å².